The maximum Gasteiger partial charge on any atom is 0.277 e. The maximum atomic E-state index is 14.0. The minimum absolute atomic E-state index is 0.0517. The predicted molar refractivity (Wildman–Crippen MR) is 203 cm³/mol. The molecule has 0 radical (unpaired) electrons. The molecule has 2 aliphatic heterocycles. The van der Waals surface area contributed by atoms with E-state index in [0.29, 0.717) is 56.0 Å². The number of thiazole rings is 2. The lowest BCUT2D eigenvalue weighted by Gasteiger charge is -2.13. The van der Waals surface area contributed by atoms with E-state index in [2.05, 4.69) is 49.4 Å². The predicted octanol–water partition coefficient (Wildman–Crippen LogP) is 1.47. The van der Waals surface area contributed by atoms with Gasteiger partial charge in [-0.3, -0.25) is 19.2 Å². The number of primary amides is 1. The number of aromatic nitrogens is 4. The summed E-state index contributed by atoms with van der Waals surface area (Å²) in [5.74, 6) is 8.80. The molecule has 0 unspecified atom stereocenters. The van der Waals surface area contributed by atoms with E-state index in [0.717, 1.165) is 11.3 Å². The quantitative estimate of drug-likeness (QED) is 0.136. The molecule has 7 rings (SSSR count). The standard InChI is InChI=1S/C36H32N10O6S2/c1-39-34-42-29-26(53-34)24(43-46(29)23-6-4-5-19(17-23)7-9-35(51)11-13-44(2)32(35)49)30(48)40-22-16-20(8-10-36(52)12-14-45(3)33(36)50)15-21(18-22)31-41-25(27(37)47)28(38)54-31/h4-6,15-18,51-52H,11-14,38H2,1-3H3,(H2,37,47)(H,39,42)(H,40,48)/t35-,36-/m0/s1. The zero-order chi connectivity index (χ0) is 38.5. The number of anilines is 3. The van der Waals surface area contributed by atoms with Crippen LogP contribution in [0.1, 0.15) is 44.9 Å². The van der Waals surface area contributed by atoms with Crippen molar-refractivity contribution in [2.24, 2.45) is 5.73 Å². The molecule has 2 saturated heterocycles. The van der Waals surface area contributed by atoms with Crippen LogP contribution in [0.4, 0.5) is 15.8 Å². The Morgan fingerprint density at radius 2 is 1.57 bits per heavy atom. The molecule has 5 heterocycles. The molecule has 2 aliphatic rings. The van der Waals surface area contributed by atoms with Gasteiger partial charge in [0.15, 0.2) is 22.2 Å². The topological polar surface area (TPSA) is 235 Å². The number of amides is 4. The highest BCUT2D eigenvalue weighted by Gasteiger charge is 2.43. The highest BCUT2D eigenvalue weighted by molar-refractivity contribution is 7.22. The molecule has 0 spiro atoms. The zero-order valence-corrected chi connectivity index (χ0v) is 30.7. The molecule has 0 aliphatic carbocycles. The Morgan fingerprint density at radius 1 is 0.907 bits per heavy atom. The first-order chi connectivity index (χ1) is 25.7. The molecule has 2 fully saturated rings. The van der Waals surface area contributed by atoms with E-state index in [4.69, 9.17) is 11.5 Å². The fourth-order valence-electron chi connectivity index (χ4n) is 5.96. The maximum absolute atomic E-state index is 14.0. The van der Waals surface area contributed by atoms with Crippen molar-refractivity contribution < 1.29 is 29.4 Å². The summed E-state index contributed by atoms with van der Waals surface area (Å²) in [7, 11) is 4.89. The van der Waals surface area contributed by atoms with Gasteiger partial charge in [-0.15, -0.1) is 0 Å². The molecule has 2 aromatic carbocycles. The fraction of sp³-hybridized carbons (Fsp3) is 0.250. The number of nitrogens with zero attached hydrogens (tertiary/aromatic N) is 6. The van der Waals surface area contributed by atoms with Gasteiger partial charge in [-0.2, -0.15) is 10.1 Å². The van der Waals surface area contributed by atoms with Crippen molar-refractivity contribution in [2.75, 3.05) is 50.6 Å². The van der Waals surface area contributed by atoms with Crippen LogP contribution in [0.5, 0.6) is 0 Å². The molecule has 18 heteroatoms. The number of nitrogens with two attached hydrogens (primary N) is 2. The van der Waals surface area contributed by atoms with Crippen molar-refractivity contribution in [3.05, 3.63) is 65.0 Å². The second-order valence-corrected chi connectivity index (χ2v) is 14.8. The summed E-state index contributed by atoms with van der Waals surface area (Å²) < 4.78 is 1.98. The van der Waals surface area contributed by atoms with Crippen LogP contribution in [0.3, 0.4) is 0 Å². The van der Waals surface area contributed by atoms with E-state index in [-0.39, 0.29) is 34.9 Å². The van der Waals surface area contributed by atoms with Crippen LogP contribution in [0.2, 0.25) is 0 Å². The third kappa shape index (κ3) is 6.59. The van der Waals surface area contributed by atoms with Gasteiger partial charge in [-0.1, -0.05) is 52.4 Å². The van der Waals surface area contributed by atoms with E-state index in [1.165, 1.54) is 25.8 Å². The van der Waals surface area contributed by atoms with E-state index in [1.807, 2.05) is 0 Å². The Bertz CT molecular complexity index is 2540. The first-order valence-electron chi connectivity index (χ1n) is 16.4. The van der Waals surface area contributed by atoms with Crippen molar-refractivity contribution in [3.8, 4) is 39.9 Å². The summed E-state index contributed by atoms with van der Waals surface area (Å²) in [4.78, 5) is 62.7. The number of carbonyl (C=O) groups excluding carboxylic acids is 4. The highest BCUT2D eigenvalue weighted by Crippen LogP contribution is 2.34. The molecule has 274 valence electrons. The number of hydrogen-bond donors (Lipinski definition) is 6. The van der Waals surface area contributed by atoms with Gasteiger partial charge in [-0.25, -0.2) is 9.67 Å². The number of hydrogen-bond acceptors (Lipinski definition) is 13. The molecular formula is C36H32N10O6S2. The van der Waals surface area contributed by atoms with Crippen LogP contribution >= 0.6 is 22.7 Å². The second-order valence-electron chi connectivity index (χ2n) is 12.8. The smallest absolute Gasteiger partial charge is 0.277 e. The largest absolute Gasteiger partial charge is 0.389 e. The Hall–Kier alpha value is -6.31. The van der Waals surface area contributed by atoms with E-state index < -0.39 is 34.8 Å². The van der Waals surface area contributed by atoms with Gasteiger partial charge in [0.1, 0.15) is 14.7 Å². The van der Waals surface area contributed by atoms with Crippen LogP contribution in [0.15, 0.2) is 42.5 Å². The summed E-state index contributed by atoms with van der Waals surface area (Å²) in [6.45, 7) is 0.738. The summed E-state index contributed by atoms with van der Waals surface area (Å²) >= 11 is 2.23. The molecule has 8 N–H and O–H groups in total. The number of benzene rings is 2. The van der Waals surface area contributed by atoms with Crippen LogP contribution in [-0.2, 0) is 9.59 Å². The van der Waals surface area contributed by atoms with E-state index in [9.17, 15) is 29.4 Å². The number of fused-ring (bicyclic) bond motifs is 1. The lowest BCUT2D eigenvalue weighted by Crippen LogP contribution is -2.37. The number of likely N-dealkylation sites (N-methyl/N-ethyl adjacent to an activating group) is 2. The number of carbonyl (C=O) groups is 4. The van der Waals surface area contributed by atoms with Crippen LogP contribution in [0, 0.1) is 23.7 Å². The minimum Gasteiger partial charge on any atom is -0.389 e. The normalized spacial score (nSPS) is 19.4. The molecule has 5 aromatic rings. The molecule has 0 bridgehead atoms. The minimum atomic E-state index is -1.87. The van der Waals surface area contributed by atoms with Crippen LogP contribution in [0.25, 0.3) is 26.6 Å². The van der Waals surface area contributed by atoms with Crippen molar-refractivity contribution in [3.63, 3.8) is 0 Å². The molecule has 16 nitrogen and oxygen atoms in total. The average Bonchev–Trinajstić information content (AvgIpc) is 3.95. The van der Waals surface area contributed by atoms with Gasteiger partial charge in [0.2, 0.25) is 11.2 Å². The molecule has 0 saturated carbocycles. The van der Waals surface area contributed by atoms with Gasteiger partial charge in [-0.05, 0) is 36.4 Å². The molecule has 4 amide bonds. The van der Waals surface area contributed by atoms with Crippen molar-refractivity contribution >= 4 is 72.5 Å². The lowest BCUT2D eigenvalue weighted by atomic mass is 10.0. The summed E-state index contributed by atoms with van der Waals surface area (Å²) in [5.41, 5.74) is 10.2. The fourth-order valence-corrected chi connectivity index (χ4v) is 7.67. The van der Waals surface area contributed by atoms with Crippen molar-refractivity contribution in [1.29, 1.82) is 0 Å². The van der Waals surface area contributed by atoms with Crippen LogP contribution < -0.4 is 22.1 Å². The third-order valence-electron chi connectivity index (χ3n) is 8.92. The molecular weight excluding hydrogens is 733 g/mol. The number of nitrogen functional groups attached to an aromatic ring is 1. The molecule has 54 heavy (non-hydrogen) atoms. The third-order valence-corrected chi connectivity index (χ3v) is 10.9. The second kappa shape index (κ2) is 13.6. The van der Waals surface area contributed by atoms with Gasteiger partial charge < -0.3 is 42.1 Å². The van der Waals surface area contributed by atoms with Gasteiger partial charge in [0.25, 0.3) is 23.6 Å². The van der Waals surface area contributed by atoms with Gasteiger partial charge in [0.05, 0.1) is 5.69 Å². The van der Waals surface area contributed by atoms with Crippen molar-refractivity contribution in [1.82, 2.24) is 29.5 Å². The first kappa shape index (κ1) is 36.1. The van der Waals surface area contributed by atoms with E-state index >= 15 is 0 Å². The summed E-state index contributed by atoms with van der Waals surface area (Å²) in [6, 6.07) is 11.7. The Kier molecular flexibility index (Phi) is 9.08. The summed E-state index contributed by atoms with van der Waals surface area (Å²) in [5, 5.41) is 33.2. The van der Waals surface area contributed by atoms with Crippen LogP contribution in [-0.4, -0.2) is 109 Å². The highest BCUT2D eigenvalue weighted by atomic mass is 32.1. The monoisotopic (exact) mass is 764 g/mol. The number of aliphatic hydroxyl groups is 2. The lowest BCUT2D eigenvalue weighted by molar-refractivity contribution is -0.138. The Morgan fingerprint density at radius 3 is 2.17 bits per heavy atom. The van der Waals surface area contributed by atoms with Gasteiger partial charge >= 0.3 is 0 Å². The molecule has 3 aromatic heterocycles. The average molecular weight is 765 g/mol. The SMILES string of the molecule is CNc1nc2c(s1)c(C(=O)Nc1cc(C#C[C@]3(O)CCN(C)C3=O)cc(-c3nc(C(N)=O)c(N)s3)c1)nn2-c1cccc(C#C[C@]2(O)CCN(C)C2=O)c1. The van der Waals surface area contributed by atoms with E-state index in [1.54, 1.807) is 63.6 Å². The Labute approximate surface area is 315 Å². The Balaban J connectivity index is 1.25. The first-order valence-corrected chi connectivity index (χ1v) is 18.0. The number of likely N-dealkylation sites (tertiary alicyclic amines) is 2. The molecule has 2 atom stereocenters. The van der Waals surface area contributed by atoms with Gasteiger partial charge in [0, 0.05) is 69.5 Å². The zero-order valence-electron chi connectivity index (χ0n) is 29.1. The summed E-state index contributed by atoms with van der Waals surface area (Å²) in [6.07, 6.45) is 0.322. The van der Waals surface area contributed by atoms with Crippen molar-refractivity contribution in [2.45, 2.75) is 24.0 Å². The number of nitrogens with one attached hydrogen (secondary N) is 2. The number of rotatable bonds is 6.